The minimum atomic E-state index is -0.0712. The van der Waals surface area contributed by atoms with Gasteiger partial charge in [0.15, 0.2) is 5.17 Å². The lowest BCUT2D eigenvalue weighted by Gasteiger charge is -2.16. The summed E-state index contributed by atoms with van der Waals surface area (Å²) in [6, 6.07) is 23.8. The topological polar surface area (TPSA) is 51.1 Å². The largest absolute Gasteiger partial charge is 0.493 e. The number of hydrogen-bond acceptors (Lipinski definition) is 5. The molecule has 0 aromatic heterocycles. The SMILES string of the molecule is CCOc1cc(OCC)c(/C=C2\SC(=NCc3ccccc3)N(Cc3ccccc3)C2=O)cc1Br. The maximum atomic E-state index is 13.5. The predicted molar refractivity (Wildman–Crippen MR) is 147 cm³/mol. The second kappa shape index (κ2) is 12.1. The molecule has 0 unspecified atom stereocenters. The Balaban J connectivity index is 1.68. The molecular weight excluding hydrogens is 524 g/mol. The molecule has 1 amide bonds. The van der Waals surface area contributed by atoms with Crippen LogP contribution in [0.1, 0.15) is 30.5 Å². The second-order valence-electron chi connectivity index (χ2n) is 7.76. The van der Waals surface area contributed by atoms with Crippen LogP contribution in [0.3, 0.4) is 0 Å². The molecule has 1 heterocycles. The van der Waals surface area contributed by atoms with Gasteiger partial charge in [0.2, 0.25) is 0 Å². The van der Waals surface area contributed by atoms with Gasteiger partial charge in [0.05, 0.1) is 35.7 Å². The molecule has 1 aliphatic rings. The van der Waals surface area contributed by atoms with Gasteiger partial charge in [-0.3, -0.25) is 14.7 Å². The Kier molecular flexibility index (Phi) is 8.66. The Labute approximate surface area is 219 Å². The van der Waals surface area contributed by atoms with E-state index in [1.54, 1.807) is 4.90 Å². The minimum Gasteiger partial charge on any atom is -0.493 e. The highest BCUT2D eigenvalue weighted by Crippen LogP contribution is 2.38. The van der Waals surface area contributed by atoms with Crippen molar-refractivity contribution in [2.75, 3.05) is 13.2 Å². The lowest BCUT2D eigenvalue weighted by atomic mass is 10.1. The Morgan fingerprint density at radius 2 is 1.54 bits per heavy atom. The molecule has 0 aliphatic carbocycles. The molecule has 7 heteroatoms. The standard InChI is InChI=1S/C28H27BrN2O3S/c1-3-33-24-17-25(34-4-2)23(29)15-22(24)16-26-27(32)31(19-21-13-9-6-10-14-21)28(35-26)30-18-20-11-7-5-8-12-20/h5-17H,3-4,18-19H2,1-2H3/b26-16-,30-28?. The van der Waals surface area contributed by atoms with Crippen molar-refractivity contribution in [3.63, 3.8) is 0 Å². The number of amides is 1. The summed E-state index contributed by atoms with van der Waals surface area (Å²) < 4.78 is 12.4. The van der Waals surface area contributed by atoms with Gasteiger partial charge in [0.1, 0.15) is 11.5 Å². The third-order valence-electron chi connectivity index (χ3n) is 5.26. The fourth-order valence-electron chi connectivity index (χ4n) is 3.62. The van der Waals surface area contributed by atoms with Gasteiger partial charge in [-0.15, -0.1) is 0 Å². The van der Waals surface area contributed by atoms with Gasteiger partial charge in [-0.1, -0.05) is 60.7 Å². The fourth-order valence-corrected chi connectivity index (χ4v) is 5.07. The van der Waals surface area contributed by atoms with Crippen LogP contribution in [-0.2, 0) is 17.9 Å². The first-order chi connectivity index (χ1) is 17.1. The van der Waals surface area contributed by atoms with E-state index < -0.39 is 0 Å². The first-order valence-electron chi connectivity index (χ1n) is 11.5. The van der Waals surface area contributed by atoms with Gasteiger partial charge in [0, 0.05) is 11.6 Å². The first-order valence-corrected chi connectivity index (χ1v) is 13.1. The Morgan fingerprint density at radius 1 is 0.914 bits per heavy atom. The minimum absolute atomic E-state index is 0.0712. The summed E-state index contributed by atoms with van der Waals surface area (Å²) >= 11 is 4.97. The summed E-state index contributed by atoms with van der Waals surface area (Å²) in [5, 5.41) is 0.692. The van der Waals surface area contributed by atoms with Crippen LogP contribution in [0.4, 0.5) is 0 Å². The molecular formula is C28H27BrN2O3S. The molecule has 3 aromatic rings. The van der Waals surface area contributed by atoms with Crippen LogP contribution in [0.15, 0.2) is 87.2 Å². The number of thioether (sulfide) groups is 1. The van der Waals surface area contributed by atoms with Crippen LogP contribution in [0, 0.1) is 0 Å². The van der Waals surface area contributed by atoms with Crippen LogP contribution in [-0.4, -0.2) is 29.2 Å². The maximum absolute atomic E-state index is 13.5. The number of amidine groups is 1. The molecule has 0 radical (unpaired) electrons. The molecule has 1 aliphatic heterocycles. The summed E-state index contributed by atoms with van der Waals surface area (Å²) in [7, 11) is 0. The normalized spacial score (nSPS) is 15.7. The summed E-state index contributed by atoms with van der Waals surface area (Å²) in [6.07, 6.45) is 1.88. The third-order valence-corrected chi connectivity index (χ3v) is 6.93. The van der Waals surface area contributed by atoms with E-state index in [4.69, 9.17) is 14.5 Å². The van der Waals surface area contributed by atoms with Crippen molar-refractivity contribution in [1.29, 1.82) is 0 Å². The van der Waals surface area contributed by atoms with E-state index in [0.29, 0.717) is 47.9 Å². The van der Waals surface area contributed by atoms with Crippen molar-refractivity contribution in [3.05, 3.63) is 98.9 Å². The second-order valence-corrected chi connectivity index (χ2v) is 9.62. The average molecular weight is 552 g/mol. The molecule has 0 bridgehead atoms. The Bertz CT molecular complexity index is 1230. The number of carbonyl (C=O) groups excluding carboxylic acids is 1. The van der Waals surface area contributed by atoms with E-state index in [2.05, 4.69) is 15.9 Å². The molecule has 5 nitrogen and oxygen atoms in total. The molecule has 1 fully saturated rings. The number of hydrogen-bond donors (Lipinski definition) is 0. The van der Waals surface area contributed by atoms with Gasteiger partial charge in [-0.05, 0) is 64.8 Å². The number of halogens is 1. The van der Waals surface area contributed by atoms with E-state index in [1.165, 1.54) is 11.8 Å². The Hall–Kier alpha value is -3.03. The number of carbonyl (C=O) groups is 1. The highest BCUT2D eigenvalue weighted by Gasteiger charge is 2.33. The summed E-state index contributed by atoms with van der Waals surface area (Å²) in [5.74, 6) is 1.31. The number of ether oxygens (including phenoxy) is 2. The molecule has 4 rings (SSSR count). The van der Waals surface area contributed by atoms with Crippen molar-refractivity contribution in [1.82, 2.24) is 4.90 Å². The number of aliphatic imine (C=N–C) groups is 1. The van der Waals surface area contributed by atoms with Gasteiger partial charge in [-0.25, -0.2) is 0 Å². The van der Waals surface area contributed by atoms with Gasteiger partial charge in [0.25, 0.3) is 5.91 Å². The van der Waals surface area contributed by atoms with Crippen LogP contribution in [0.2, 0.25) is 0 Å². The van der Waals surface area contributed by atoms with Crippen molar-refractivity contribution in [3.8, 4) is 11.5 Å². The maximum Gasteiger partial charge on any atom is 0.267 e. The molecule has 3 aromatic carbocycles. The Morgan fingerprint density at radius 3 is 2.20 bits per heavy atom. The zero-order valence-electron chi connectivity index (χ0n) is 19.7. The van der Waals surface area contributed by atoms with Crippen LogP contribution in [0.25, 0.3) is 6.08 Å². The zero-order chi connectivity index (χ0) is 24.6. The summed E-state index contributed by atoms with van der Waals surface area (Å²) in [4.78, 5) is 20.7. The molecule has 1 saturated heterocycles. The lowest BCUT2D eigenvalue weighted by molar-refractivity contribution is -0.122. The number of nitrogens with zero attached hydrogens (tertiary/aromatic N) is 2. The monoisotopic (exact) mass is 550 g/mol. The van der Waals surface area contributed by atoms with Crippen LogP contribution in [0.5, 0.6) is 11.5 Å². The van der Waals surface area contributed by atoms with Crippen molar-refractivity contribution < 1.29 is 14.3 Å². The summed E-state index contributed by atoms with van der Waals surface area (Å²) in [6.45, 7) is 5.90. The molecule has 0 spiro atoms. The van der Waals surface area contributed by atoms with E-state index in [-0.39, 0.29) is 5.91 Å². The molecule has 0 saturated carbocycles. The smallest absolute Gasteiger partial charge is 0.267 e. The molecule has 0 N–H and O–H groups in total. The van der Waals surface area contributed by atoms with Gasteiger partial charge in [-0.2, -0.15) is 0 Å². The molecule has 35 heavy (non-hydrogen) atoms. The number of benzene rings is 3. The van der Waals surface area contributed by atoms with Crippen molar-refractivity contribution in [2.24, 2.45) is 4.99 Å². The van der Waals surface area contributed by atoms with Crippen molar-refractivity contribution in [2.45, 2.75) is 26.9 Å². The van der Waals surface area contributed by atoms with Crippen LogP contribution < -0.4 is 9.47 Å². The fraction of sp³-hybridized carbons (Fsp3) is 0.214. The van der Waals surface area contributed by atoms with Gasteiger partial charge < -0.3 is 9.47 Å². The van der Waals surface area contributed by atoms with Crippen molar-refractivity contribution >= 4 is 44.8 Å². The number of rotatable bonds is 9. The van der Waals surface area contributed by atoms with E-state index in [9.17, 15) is 4.79 Å². The molecule has 180 valence electrons. The third kappa shape index (κ3) is 6.35. The first kappa shape index (κ1) is 25.1. The molecule has 0 atom stereocenters. The highest BCUT2D eigenvalue weighted by molar-refractivity contribution is 9.10. The van der Waals surface area contributed by atoms with Crippen LogP contribution >= 0.6 is 27.7 Å². The zero-order valence-corrected chi connectivity index (χ0v) is 22.1. The lowest BCUT2D eigenvalue weighted by Crippen LogP contribution is -2.28. The quantitative estimate of drug-likeness (QED) is 0.271. The average Bonchev–Trinajstić information content (AvgIpc) is 3.16. The van der Waals surface area contributed by atoms with Gasteiger partial charge >= 0.3 is 0 Å². The van der Waals surface area contributed by atoms with E-state index in [1.807, 2.05) is 92.7 Å². The highest BCUT2D eigenvalue weighted by atomic mass is 79.9. The summed E-state index contributed by atoms with van der Waals surface area (Å²) in [5.41, 5.74) is 2.95. The predicted octanol–water partition coefficient (Wildman–Crippen LogP) is 6.92. The van der Waals surface area contributed by atoms with E-state index >= 15 is 0 Å². The van der Waals surface area contributed by atoms with E-state index in [0.717, 1.165) is 21.2 Å².